The average molecular weight is 341 g/mol. The van der Waals surface area contributed by atoms with Crippen LogP contribution in [0.3, 0.4) is 0 Å². The van der Waals surface area contributed by atoms with Crippen LogP contribution in [0.2, 0.25) is 0 Å². The number of nitrogens with zero attached hydrogens (tertiary/aromatic N) is 1. The van der Waals surface area contributed by atoms with E-state index < -0.39 is 5.91 Å². The average Bonchev–Trinajstić information content (AvgIpc) is 2.62. The van der Waals surface area contributed by atoms with Crippen LogP contribution in [0.4, 0.5) is 11.4 Å². The highest BCUT2D eigenvalue weighted by Gasteiger charge is 2.13. The van der Waals surface area contributed by atoms with E-state index in [1.54, 1.807) is 18.2 Å². The number of hydrogen-bond acceptors (Lipinski definition) is 5. The van der Waals surface area contributed by atoms with E-state index in [9.17, 15) is 9.59 Å². The molecule has 0 aliphatic rings. The lowest BCUT2D eigenvalue weighted by atomic mass is 10.1. The van der Waals surface area contributed by atoms with Crippen LogP contribution in [-0.4, -0.2) is 32.1 Å². The van der Waals surface area contributed by atoms with E-state index in [4.69, 9.17) is 16.2 Å². The highest BCUT2D eigenvalue weighted by molar-refractivity contribution is 5.93. The summed E-state index contributed by atoms with van der Waals surface area (Å²) in [4.78, 5) is 25.0. The molecule has 0 aliphatic carbocycles. The number of carbonyl (C=O) groups excluding carboxylic acids is 2. The number of benzene rings is 2. The van der Waals surface area contributed by atoms with Crippen LogP contribution in [0.1, 0.15) is 22.3 Å². The number of rotatable bonds is 8. The Hall–Kier alpha value is -3.02. The molecule has 2 aromatic carbocycles. The molecule has 6 nitrogen and oxygen atoms in total. The second-order valence-corrected chi connectivity index (χ2v) is 5.76. The van der Waals surface area contributed by atoms with Gasteiger partial charge in [-0.25, -0.2) is 0 Å². The molecule has 0 radical (unpaired) electrons. The van der Waals surface area contributed by atoms with Crippen LogP contribution in [0.15, 0.2) is 48.5 Å². The van der Waals surface area contributed by atoms with Gasteiger partial charge in [0.2, 0.25) is 5.91 Å². The van der Waals surface area contributed by atoms with Crippen molar-refractivity contribution >= 4 is 23.3 Å². The lowest BCUT2D eigenvalue weighted by Gasteiger charge is -2.24. The van der Waals surface area contributed by atoms with Gasteiger partial charge in [-0.15, -0.1) is 0 Å². The van der Waals surface area contributed by atoms with E-state index in [0.29, 0.717) is 12.1 Å². The Morgan fingerprint density at radius 1 is 1.12 bits per heavy atom. The third-order valence-electron chi connectivity index (χ3n) is 3.92. The number of anilines is 2. The number of nitrogen functional groups attached to an aromatic ring is 1. The summed E-state index contributed by atoms with van der Waals surface area (Å²) in [6.45, 7) is 0.752. The van der Waals surface area contributed by atoms with Gasteiger partial charge < -0.3 is 21.1 Å². The van der Waals surface area contributed by atoms with Crippen molar-refractivity contribution in [2.24, 2.45) is 5.73 Å². The van der Waals surface area contributed by atoms with Crippen molar-refractivity contribution in [1.82, 2.24) is 0 Å². The van der Waals surface area contributed by atoms with Crippen LogP contribution >= 0.6 is 0 Å². The second-order valence-electron chi connectivity index (χ2n) is 5.76. The first-order valence-electron chi connectivity index (χ1n) is 8.05. The molecule has 2 aromatic rings. The topological polar surface area (TPSA) is 98.7 Å². The Morgan fingerprint density at radius 3 is 2.48 bits per heavy atom. The molecule has 0 fully saturated rings. The van der Waals surface area contributed by atoms with Gasteiger partial charge in [0.1, 0.15) is 6.54 Å². The molecule has 0 aliphatic heterocycles. The van der Waals surface area contributed by atoms with Crippen LogP contribution in [0.5, 0.6) is 0 Å². The number of esters is 1. The van der Waals surface area contributed by atoms with Crippen LogP contribution in [0, 0.1) is 0 Å². The van der Waals surface area contributed by atoms with Gasteiger partial charge in [0.05, 0.1) is 7.11 Å². The minimum absolute atomic E-state index is 0.112. The molecule has 0 aromatic heterocycles. The fraction of sp³-hybridized carbons (Fsp3) is 0.263. The van der Waals surface area contributed by atoms with Gasteiger partial charge in [-0.2, -0.15) is 0 Å². The molecule has 2 rings (SSSR count). The normalized spacial score (nSPS) is 10.3. The predicted molar refractivity (Wildman–Crippen MR) is 98.4 cm³/mol. The molecule has 0 bridgehead atoms. The van der Waals surface area contributed by atoms with E-state index >= 15 is 0 Å². The molecule has 0 heterocycles. The molecular weight excluding hydrogens is 318 g/mol. The SMILES string of the molecule is COC(=O)CN(CCCc1ccc(N)cc1)c1cccc(C(N)=O)c1. The maximum Gasteiger partial charge on any atom is 0.325 e. The fourth-order valence-electron chi connectivity index (χ4n) is 2.53. The van der Waals surface area contributed by atoms with Crippen molar-refractivity contribution in [2.45, 2.75) is 12.8 Å². The number of aryl methyl sites for hydroxylation is 1. The molecule has 1 amide bonds. The molecule has 25 heavy (non-hydrogen) atoms. The third kappa shape index (κ3) is 5.53. The Kier molecular flexibility index (Phi) is 6.39. The Labute approximate surface area is 147 Å². The van der Waals surface area contributed by atoms with E-state index in [0.717, 1.165) is 24.2 Å². The van der Waals surface area contributed by atoms with Crippen molar-refractivity contribution in [3.8, 4) is 0 Å². The zero-order chi connectivity index (χ0) is 18.2. The maximum atomic E-state index is 11.7. The van der Waals surface area contributed by atoms with E-state index in [1.165, 1.54) is 12.7 Å². The zero-order valence-corrected chi connectivity index (χ0v) is 14.3. The maximum absolute atomic E-state index is 11.7. The minimum atomic E-state index is -0.498. The Bertz CT molecular complexity index is 729. The summed E-state index contributed by atoms with van der Waals surface area (Å²) in [5, 5.41) is 0. The molecule has 0 atom stereocenters. The van der Waals surface area contributed by atoms with Gasteiger partial charge in [-0.05, 0) is 48.7 Å². The van der Waals surface area contributed by atoms with Gasteiger partial charge in [-0.3, -0.25) is 9.59 Å². The third-order valence-corrected chi connectivity index (χ3v) is 3.92. The number of hydrogen-bond donors (Lipinski definition) is 2. The summed E-state index contributed by atoms with van der Waals surface area (Å²) >= 11 is 0. The summed E-state index contributed by atoms with van der Waals surface area (Å²) in [5.41, 5.74) is 14.1. The van der Waals surface area contributed by atoms with Crippen LogP contribution in [-0.2, 0) is 16.0 Å². The number of carbonyl (C=O) groups is 2. The first-order valence-corrected chi connectivity index (χ1v) is 8.05. The quantitative estimate of drug-likeness (QED) is 0.565. The number of amides is 1. The van der Waals surface area contributed by atoms with Crippen LogP contribution in [0.25, 0.3) is 0 Å². The molecule has 0 saturated carbocycles. The summed E-state index contributed by atoms with van der Waals surface area (Å²) < 4.78 is 4.77. The number of methoxy groups -OCH3 is 1. The number of ether oxygens (including phenoxy) is 1. The summed E-state index contributed by atoms with van der Waals surface area (Å²) in [6.07, 6.45) is 1.69. The lowest BCUT2D eigenvalue weighted by molar-refractivity contribution is -0.138. The largest absolute Gasteiger partial charge is 0.468 e. The molecule has 0 spiro atoms. The van der Waals surface area contributed by atoms with Crippen LogP contribution < -0.4 is 16.4 Å². The lowest BCUT2D eigenvalue weighted by Crippen LogP contribution is -2.32. The standard InChI is InChI=1S/C19H23N3O3/c1-25-18(23)13-22(17-6-2-5-15(12-17)19(21)24)11-3-4-14-7-9-16(20)10-8-14/h2,5-10,12H,3-4,11,13,20H2,1H3,(H2,21,24). The van der Waals surface area contributed by atoms with Crippen molar-refractivity contribution in [1.29, 1.82) is 0 Å². The highest BCUT2D eigenvalue weighted by atomic mass is 16.5. The monoisotopic (exact) mass is 341 g/mol. The zero-order valence-electron chi connectivity index (χ0n) is 14.3. The summed E-state index contributed by atoms with van der Waals surface area (Å²) in [6, 6.07) is 14.7. The van der Waals surface area contributed by atoms with Gasteiger partial charge in [-0.1, -0.05) is 18.2 Å². The van der Waals surface area contributed by atoms with Gasteiger partial charge >= 0.3 is 5.97 Å². The van der Waals surface area contributed by atoms with E-state index in [-0.39, 0.29) is 12.5 Å². The van der Waals surface area contributed by atoms with Crippen molar-refractivity contribution in [3.05, 3.63) is 59.7 Å². The van der Waals surface area contributed by atoms with Gasteiger partial charge in [0, 0.05) is 23.5 Å². The molecular formula is C19H23N3O3. The molecule has 132 valence electrons. The van der Waals surface area contributed by atoms with Crippen molar-refractivity contribution < 1.29 is 14.3 Å². The van der Waals surface area contributed by atoms with Gasteiger partial charge in [0.25, 0.3) is 0 Å². The first kappa shape index (κ1) is 18.3. The minimum Gasteiger partial charge on any atom is -0.468 e. The smallest absolute Gasteiger partial charge is 0.325 e. The van der Waals surface area contributed by atoms with E-state index in [1.807, 2.05) is 35.2 Å². The number of nitrogens with two attached hydrogens (primary N) is 2. The van der Waals surface area contributed by atoms with E-state index in [2.05, 4.69) is 0 Å². The first-order chi connectivity index (χ1) is 12.0. The summed E-state index contributed by atoms with van der Waals surface area (Å²) in [7, 11) is 1.36. The molecule has 0 unspecified atom stereocenters. The predicted octanol–water partition coefficient (Wildman–Crippen LogP) is 1.98. The van der Waals surface area contributed by atoms with Crippen molar-refractivity contribution in [3.63, 3.8) is 0 Å². The van der Waals surface area contributed by atoms with Crippen molar-refractivity contribution in [2.75, 3.05) is 30.8 Å². The summed E-state index contributed by atoms with van der Waals surface area (Å²) in [5.74, 6) is -0.835. The Morgan fingerprint density at radius 2 is 1.84 bits per heavy atom. The Balaban J connectivity index is 2.07. The molecule has 6 heteroatoms. The number of primary amides is 1. The highest BCUT2D eigenvalue weighted by Crippen LogP contribution is 2.17. The second kappa shape index (κ2) is 8.73. The van der Waals surface area contributed by atoms with Gasteiger partial charge in [0.15, 0.2) is 0 Å². The molecule has 4 N–H and O–H groups in total. The molecule has 0 saturated heterocycles. The fourth-order valence-corrected chi connectivity index (χ4v) is 2.53.